The summed E-state index contributed by atoms with van der Waals surface area (Å²) in [4.78, 5) is 19.1. The quantitative estimate of drug-likeness (QED) is 0.386. The van der Waals surface area contributed by atoms with Crippen LogP contribution in [0.25, 0.3) is 16.6 Å². The molecule has 0 atom stereocenters. The largest absolute Gasteiger partial charge is 0.507 e. The van der Waals surface area contributed by atoms with Crippen LogP contribution in [-0.2, 0) is 9.53 Å². The lowest BCUT2D eigenvalue weighted by Crippen LogP contribution is -2.16. The zero-order valence-electron chi connectivity index (χ0n) is 15.5. The number of aliphatic hydroxyl groups excluding tert-OH is 1. The second-order valence-corrected chi connectivity index (χ2v) is 6.31. The van der Waals surface area contributed by atoms with E-state index in [0.29, 0.717) is 11.3 Å². The number of aliphatic hydroxyl groups is 1. The number of aromatic amines is 1. The van der Waals surface area contributed by atoms with Gasteiger partial charge in [0.2, 0.25) is 0 Å². The van der Waals surface area contributed by atoms with Crippen molar-refractivity contribution >= 4 is 22.6 Å². The Balaban J connectivity index is 1.63. The number of hydrogen-bond acceptors (Lipinski definition) is 6. The van der Waals surface area contributed by atoms with Crippen molar-refractivity contribution in [2.45, 2.75) is 13.8 Å². The van der Waals surface area contributed by atoms with E-state index in [1.54, 1.807) is 6.07 Å². The van der Waals surface area contributed by atoms with E-state index >= 15 is 0 Å². The van der Waals surface area contributed by atoms with Crippen molar-refractivity contribution < 1.29 is 19.4 Å². The number of nitrogens with one attached hydrogen (secondary N) is 1. The summed E-state index contributed by atoms with van der Waals surface area (Å²) in [6.07, 6.45) is 0. The van der Waals surface area contributed by atoms with Gasteiger partial charge in [0.25, 0.3) is 0 Å². The first-order valence-corrected chi connectivity index (χ1v) is 8.60. The number of rotatable bonds is 6. The van der Waals surface area contributed by atoms with E-state index in [1.165, 1.54) is 0 Å². The SMILES string of the molecule is Cc1cc(C)cc(OCC(=O)OC/C(O)=C(/C#N)c2nc3ccccc3[nH]2)c1. The van der Waals surface area contributed by atoms with Crippen molar-refractivity contribution in [3.05, 3.63) is 65.2 Å². The fourth-order valence-electron chi connectivity index (χ4n) is 2.75. The lowest BCUT2D eigenvalue weighted by Gasteiger charge is -2.09. The third kappa shape index (κ3) is 4.48. The van der Waals surface area contributed by atoms with Crippen molar-refractivity contribution in [2.75, 3.05) is 13.2 Å². The van der Waals surface area contributed by atoms with Gasteiger partial charge < -0.3 is 19.6 Å². The number of para-hydroxylation sites is 2. The Bertz CT molecular complexity index is 1040. The van der Waals surface area contributed by atoms with Crippen molar-refractivity contribution in [2.24, 2.45) is 0 Å². The molecule has 0 saturated heterocycles. The molecule has 2 N–H and O–H groups in total. The molecule has 0 amide bonds. The minimum atomic E-state index is -0.660. The van der Waals surface area contributed by atoms with Crippen molar-refractivity contribution in [3.8, 4) is 11.8 Å². The fourth-order valence-corrected chi connectivity index (χ4v) is 2.75. The van der Waals surface area contributed by atoms with E-state index in [0.717, 1.165) is 16.6 Å². The number of aryl methyl sites for hydroxylation is 2. The van der Waals surface area contributed by atoms with Gasteiger partial charge in [0, 0.05) is 0 Å². The van der Waals surface area contributed by atoms with Gasteiger partial charge in [-0.25, -0.2) is 9.78 Å². The summed E-state index contributed by atoms with van der Waals surface area (Å²) in [6.45, 7) is 3.11. The van der Waals surface area contributed by atoms with Crippen LogP contribution in [0.15, 0.2) is 48.2 Å². The molecule has 7 heteroatoms. The van der Waals surface area contributed by atoms with Crippen LogP contribution < -0.4 is 4.74 Å². The Hall–Kier alpha value is -3.79. The maximum Gasteiger partial charge on any atom is 0.344 e. The van der Waals surface area contributed by atoms with Crippen LogP contribution >= 0.6 is 0 Å². The fraction of sp³-hybridized carbons (Fsp3) is 0.190. The van der Waals surface area contributed by atoms with E-state index in [-0.39, 0.29) is 23.8 Å². The maximum atomic E-state index is 11.9. The van der Waals surface area contributed by atoms with E-state index in [1.807, 2.05) is 56.3 Å². The normalized spacial score (nSPS) is 11.6. The Kier molecular flexibility index (Phi) is 5.61. The first-order chi connectivity index (χ1) is 13.5. The average Bonchev–Trinajstić information content (AvgIpc) is 3.08. The first-order valence-electron chi connectivity index (χ1n) is 8.60. The molecule has 0 bridgehead atoms. The molecule has 0 saturated carbocycles. The molecule has 2 aromatic carbocycles. The number of nitrogens with zero attached hydrogens (tertiary/aromatic N) is 2. The van der Waals surface area contributed by atoms with Crippen LogP contribution in [0, 0.1) is 25.2 Å². The number of ether oxygens (including phenoxy) is 2. The van der Waals surface area contributed by atoms with Gasteiger partial charge in [0.1, 0.15) is 24.0 Å². The zero-order valence-corrected chi connectivity index (χ0v) is 15.5. The summed E-state index contributed by atoms with van der Waals surface area (Å²) in [6, 6.07) is 14.7. The summed E-state index contributed by atoms with van der Waals surface area (Å²) in [5, 5.41) is 19.5. The number of H-pyrrole nitrogens is 1. The molecule has 0 unspecified atom stereocenters. The average molecular weight is 377 g/mol. The molecule has 28 heavy (non-hydrogen) atoms. The number of benzene rings is 2. The lowest BCUT2D eigenvalue weighted by molar-refractivity contribution is -0.145. The molecule has 1 heterocycles. The topological polar surface area (TPSA) is 108 Å². The van der Waals surface area contributed by atoms with E-state index in [2.05, 4.69) is 9.97 Å². The summed E-state index contributed by atoms with van der Waals surface area (Å²) in [7, 11) is 0. The summed E-state index contributed by atoms with van der Waals surface area (Å²) < 4.78 is 10.4. The predicted octanol–water partition coefficient (Wildman–Crippen LogP) is 3.59. The number of aromatic nitrogens is 2. The molecule has 142 valence electrons. The minimum absolute atomic E-state index is 0.0840. The zero-order chi connectivity index (χ0) is 20.1. The molecular weight excluding hydrogens is 358 g/mol. The Labute approximate surface area is 161 Å². The van der Waals surface area contributed by atoms with E-state index in [9.17, 15) is 15.2 Å². The third-order valence-corrected chi connectivity index (χ3v) is 3.95. The van der Waals surface area contributed by atoms with E-state index < -0.39 is 12.6 Å². The monoisotopic (exact) mass is 377 g/mol. The molecule has 0 radical (unpaired) electrons. The third-order valence-electron chi connectivity index (χ3n) is 3.95. The van der Waals surface area contributed by atoms with Gasteiger partial charge in [0.05, 0.1) is 11.0 Å². The molecule has 0 aliphatic rings. The van der Waals surface area contributed by atoms with Crippen LogP contribution in [0.4, 0.5) is 0 Å². The summed E-state index contributed by atoms with van der Waals surface area (Å²) in [5.74, 6) is -0.271. The number of carbonyl (C=O) groups excluding carboxylic acids is 1. The minimum Gasteiger partial charge on any atom is -0.507 e. The summed E-state index contributed by atoms with van der Waals surface area (Å²) in [5.41, 5.74) is 3.36. The van der Waals surface area contributed by atoms with Gasteiger partial charge in [0.15, 0.2) is 18.2 Å². The molecule has 3 rings (SSSR count). The van der Waals surface area contributed by atoms with Crippen LogP contribution in [0.3, 0.4) is 0 Å². The molecule has 1 aromatic heterocycles. The predicted molar refractivity (Wildman–Crippen MR) is 104 cm³/mol. The maximum absolute atomic E-state index is 11.9. The summed E-state index contributed by atoms with van der Waals surface area (Å²) >= 11 is 0. The van der Waals surface area contributed by atoms with Crippen LogP contribution in [0.2, 0.25) is 0 Å². The van der Waals surface area contributed by atoms with Crippen LogP contribution in [0.1, 0.15) is 17.0 Å². The van der Waals surface area contributed by atoms with Crippen molar-refractivity contribution in [1.29, 1.82) is 5.26 Å². The second-order valence-electron chi connectivity index (χ2n) is 6.31. The van der Waals surface area contributed by atoms with Gasteiger partial charge in [-0.3, -0.25) is 0 Å². The Morgan fingerprint density at radius 3 is 2.57 bits per heavy atom. The number of nitriles is 1. The smallest absolute Gasteiger partial charge is 0.344 e. The second kappa shape index (κ2) is 8.27. The van der Waals surface area contributed by atoms with Crippen LogP contribution in [0.5, 0.6) is 5.75 Å². The molecule has 3 aromatic rings. The van der Waals surface area contributed by atoms with Crippen LogP contribution in [-0.4, -0.2) is 34.3 Å². The first kappa shape index (κ1) is 19.0. The van der Waals surface area contributed by atoms with E-state index in [4.69, 9.17) is 9.47 Å². The highest BCUT2D eigenvalue weighted by molar-refractivity contribution is 5.83. The number of allylic oxidation sites excluding steroid dienone is 1. The van der Waals surface area contributed by atoms with Crippen molar-refractivity contribution in [1.82, 2.24) is 9.97 Å². The Morgan fingerprint density at radius 1 is 1.18 bits per heavy atom. The molecular formula is C21H19N3O4. The number of fused-ring (bicyclic) bond motifs is 1. The number of esters is 1. The number of carbonyl (C=O) groups is 1. The van der Waals surface area contributed by atoms with Gasteiger partial charge in [-0.2, -0.15) is 5.26 Å². The highest BCUT2D eigenvalue weighted by Gasteiger charge is 2.15. The lowest BCUT2D eigenvalue weighted by atomic mass is 10.1. The molecule has 0 aliphatic heterocycles. The molecule has 0 spiro atoms. The molecule has 7 nitrogen and oxygen atoms in total. The van der Waals surface area contributed by atoms with Gasteiger partial charge in [-0.1, -0.05) is 18.2 Å². The van der Waals surface area contributed by atoms with Gasteiger partial charge in [-0.15, -0.1) is 0 Å². The standard InChI is InChI=1S/C21H19N3O4/c1-13-7-14(2)9-15(8-13)27-12-20(26)28-11-19(25)16(10-22)21-23-17-5-3-4-6-18(17)24-21/h3-9,25H,11-12H2,1-2H3,(H,23,24)/b19-16+. The number of imidazole rings is 1. The Morgan fingerprint density at radius 2 is 1.89 bits per heavy atom. The van der Waals surface area contributed by atoms with Crippen molar-refractivity contribution in [3.63, 3.8) is 0 Å². The molecule has 0 aliphatic carbocycles. The van der Waals surface area contributed by atoms with Gasteiger partial charge in [-0.05, 0) is 49.2 Å². The number of hydrogen-bond donors (Lipinski definition) is 2. The highest BCUT2D eigenvalue weighted by atomic mass is 16.6. The van der Waals surface area contributed by atoms with Gasteiger partial charge >= 0.3 is 5.97 Å². The molecule has 0 fully saturated rings. The highest BCUT2D eigenvalue weighted by Crippen LogP contribution is 2.19.